The second kappa shape index (κ2) is 6.61. The van der Waals surface area contributed by atoms with E-state index in [-0.39, 0.29) is 12.1 Å². The summed E-state index contributed by atoms with van der Waals surface area (Å²) in [6.07, 6.45) is 3.22. The van der Waals surface area contributed by atoms with E-state index in [1.165, 1.54) is 0 Å². The molecule has 1 aliphatic rings. The van der Waals surface area contributed by atoms with Crippen molar-refractivity contribution in [2.75, 3.05) is 6.54 Å². The van der Waals surface area contributed by atoms with Crippen molar-refractivity contribution in [1.29, 1.82) is 0 Å². The summed E-state index contributed by atoms with van der Waals surface area (Å²) in [4.78, 5) is 24.8. The fourth-order valence-electron chi connectivity index (χ4n) is 2.48. The van der Waals surface area contributed by atoms with Crippen LogP contribution in [0.3, 0.4) is 0 Å². The van der Waals surface area contributed by atoms with Gasteiger partial charge in [0.05, 0.1) is 0 Å². The van der Waals surface area contributed by atoms with Crippen LogP contribution in [-0.2, 0) is 4.79 Å². The van der Waals surface area contributed by atoms with Crippen LogP contribution in [0.5, 0.6) is 0 Å². The molecule has 0 radical (unpaired) electrons. The number of aliphatic carboxylic acids is 1. The quantitative estimate of drug-likeness (QED) is 0.791. The molecule has 5 nitrogen and oxygen atoms in total. The first kappa shape index (κ1) is 14.8. The van der Waals surface area contributed by atoms with Crippen LogP contribution in [0.25, 0.3) is 0 Å². The van der Waals surface area contributed by atoms with Gasteiger partial charge in [-0.2, -0.15) is 0 Å². The smallest absolute Gasteiger partial charge is 0.326 e. The molecule has 1 aliphatic heterocycles. The molecule has 0 spiro atoms. The second-order valence-corrected chi connectivity index (χ2v) is 5.32. The van der Waals surface area contributed by atoms with E-state index in [1.54, 1.807) is 4.90 Å². The number of carboxylic acid groups (broad SMARTS) is 1. The van der Waals surface area contributed by atoms with Gasteiger partial charge in [-0.25, -0.2) is 9.59 Å². The number of unbranched alkanes of at least 4 members (excludes halogenated alkanes) is 1. The average molecular weight is 256 g/mol. The van der Waals surface area contributed by atoms with Crippen molar-refractivity contribution in [2.24, 2.45) is 5.92 Å². The molecule has 18 heavy (non-hydrogen) atoms. The molecule has 2 N–H and O–H groups in total. The molecule has 0 aromatic carbocycles. The maximum atomic E-state index is 12.0. The van der Waals surface area contributed by atoms with E-state index in [9.17, 15) is 9.59 Å². The Balaban J connectivity index is 2.53. The highest BCUT2D eigenvalue weighted by atomic mass is 16.4. The summed E-state index contributed by atoms with van der Waals surface area (Å²) in [5, 5.41) is 11.7. The zero-order valence-electron chi connectivity index (χ0n) is 11.5. The van der Waals surface area contributed by atoms with Crippen LogP contribution < -0.4 is 5.32 Å². The van der Waals surface area contributed by atoms with Crippen molar-refractivity contribution >= 4 is 12.0 Å². The highest BCUT2D eigenvalue weighted by molar-refractivity contribution is 5.82. The highest BCUT2D eigenvalue weighted by Gasteiger charge is 2.31. The van der Waals surface area contributed by atoms with E-state index in [0.29, 0.717) is 18.9 Å². The zero-order chi connectivity index (χ0) is 13.7. The normalized spacial score (nSPS) is 24.9. The number of hydrogen-bond acceptors (Lipinski definition) is 2. The molecule has 3 unspecified atom stereocenters. The van der Waals surface area contributed by atoms with Gasteiger partial charge in [-0.15, -0.1) is 0 Å². The average Bonchev–Trinajstić information content (AvgIpc) is 2.63. The van der Waals surface area contributed by atoms with Crippen LogP contribution in [0.1, 0.15) is 46.5 Å². The first-order valence-electron chi connectivity index (χ1n) is 6.75. The molecule has 0 aromatic rings. The van der Waals surface area contributed by atoms with Crippen LogP contribution in [0, 0.1) is 5.92 Å². The maximum Gasteiger partial charge on any atom is 0.326 e. The molecule has 0 aromatic heterocycles. The van der Waals surface area contributed by atoms with Crippen molar-refractivity contribution in [3.05, 3.63) is 0 Å². The first-order valence-corrected chi connectivity index (χ1v) is 6.75. The number of carbonyl (C=O) groups is 2. The molecular weight excluding hydrogens is 232 g/mol. The number of hydrogen-bond donors (Lipinski definition) is 2. The van der Waals surface area contributed by atoms with E-state index in [1.807, 2.05) is 13.8 Å². The van der Waals surface area contributed by atoms with Gasteiger partial charge < -0.3 is 15.3 Å². The third-order valence-electron chi connectivity index (χ3n) is 3.49. The lowest BCUT2D eigenvalue weighted by Gasteiger charge is -2.24. The van der Waals surface area contributed by atoms with Crippen molar-refractivity contribution in [3.8, 4) is 0 Å². The summed E-state index contributed by atoms with van der Waals surface area (Å²) >= 11 is 0. The summed E-state index contributed by atoms with van der Waals surface area (Å²) < 4.78 is 0. The van der Waals surface area contributed by atoms with E-state index in [4.69, 9.17) is 5.11 Å². The van der Waals surface area contributed by atoms with Crippen molar-refractivity contribution in [2.45, 2.75) is 58.5 Å². The molecule has 0 aliphatic carbocycles. The Morgan fingerprint density at radius 2 is 2.11 bits per heavy atom. The number of amides is 2. The molecule has 3 atom stereocenters. The standard InChI is InChI=1S/C13H24N2O3/c1-4-5-6-11(12(16)17)14-13(18)15-8-9(2)7-10(15)3/h9-11H,4-8H2,1-3H3,(H,14,18)(H,16,17). The van der Waals surface area contributed by atoms with E-state index < -0.39 is 12.0 Å². The number of urea groups is 1. The van der Waals surface area contributed by atoms with Crippen LogP contribution in [-0.4, -0.2) is 40.6 Å². The van der Waals surface area contributed by atoms with Gasteiger partial charge >= 0.3 is 12.0 Å². The van der Waals surface area contributed by atoms with Gasteiger partial charge in [0.25, 0.3) is 0 Å². The van der Waals surface area contributed by atoms with Gasteiger partial charge in [0.15, 0.2) is 0 Å². The Morgan fingerprint density at radius 3 is 2.56 bits per heavy atom. The minimum absolute atomic E-state index is 0.195. The molecule has 1 rings (SSSR count). The highest BCUT2D eigenvalue weighted by Crippen LogP contribution is 2.22. The molecule has 0 saturated carbocycles. The molecule has 0 bridgehead atoms. The van der Waals surface area contributed by atoms with Gasteiger partial charge in [0.2, 0.25) is 0 Å². The third-order valence-corrected chi connectivity index (χ3v) is 3.49. The maximum absolute atomic E-state index is 12.0. The predicted molar refractivity (Wildman–Crippen MR) is 69.4 cm³/mol. The second-order valence-electron chi connectivity index (χ2n) is 5.32. The minimum atomic E-state index is -0.948. The summed E-state index contributed by atoms with van der Waals surface area (Å²) in [7, 11) is 0. The molecular formula is C13H24N2O3. The van der Waals surface area contributed by atoms with Crippen molar-refractivity contribution < 1.29 is 14.7 Å². The van der Waals surface area contributed by atoms with Crippen LogP contribution in [0.4, 0.5) is 4.79 Å². The summed E-state index contributed by atoms with van der Waals surface area (Å²) in [6, 6.07) is -0.809. The predicted octanol–water partition coefficient (Wildman–Crippen LogP) is 2.07. The Bertz CT molecular complexity index is 307. The Kier molecular flexibility index (Phi) is 5.44. The first-order chi connectivity index (χ1) is 8.45. The fraction of sp³-hybridized carbons (Fsp3) is 0.846. The fourth-order valence-corrected chi connectivity index (χ4v) is 2.48. The topological polar surface area (TPSA) is 69.6 Å². The molecule has 1 fully saturated rings. The van der Waals surface area contributed by atoms with Crippen molar-refractivity contribution in [1.82, 2.24) is 10.2 Å². The zero-order valence-corrected chi connectivity index (χ0v) is 11.5. The van der Waals surface area contributed by atoms with Gasteiger partial charge in [0.1, 0.15) is 6.04 Å². The van der Waals surface area contributed by atoms with Gasteiger partial charge in [0, 0.05) is 12.6 Å². The lowest BCUT2D eigenvalue weighted by atomic mass is 10.1. The van der Waals surface area contributed by atoms with Gasteiger partial charge in [-0.3, -0.25) is 0 Å². The molecule has 104 valence electrons. The van der Waals surface area contributed by atoms with Crippen molar-refractivity contribution in [3.63, 3.8) is 0 Å². The number of carbonyl (C=O) groups excluding carboxylic acids is 1. The lowest BCUT2D eigenvalue weighted by molar-refractivity contribution is -0.139. The van der Waals surface area contributed by atoms with Crippen LogP contribution in [0.15, 0.2) is 0 Å². The minimum Gasteiger partial charge on any atom is -0.480 e. The Labute approximate surface area is 109 Å². The number of nitrogens with zero attached hydrogens (tertiary/aromatic N) is 1. The third kappa shape index (κ3) is 3.89. The monoisotopic (exact) mass is 256 g/mol. The van der Waals surface area contributed by atoms with E-state index in [0.717, 1.165) is 19.3 Å². The summed E-state index contributed by atoms with van der Waals surface area (Å²) in [6.45, 7) is 6.83. The van der Waals surface area contributed by atoms with E-state index >= 15 is 0 Å². The SMILES string of the molecule is CCCCC(NC(=O)N1CC(C)CC1C)C(=O)O. The Hall–Kier alpha value is -1.26. The number of rotatable bonds is 5. The van der Waals surface area contributed by atoms with Gasteiger partial charge in [-0.1, -0.05) is 26.7 Å². The molecule has 2 amide bonds. The molecule has 1 heterocycles. The van der Waals surface area contributed by atoms with E-state index in [2.05, 4.69) is 12.2 Å². The van der Waals surface area contributed by atoms with Crippen LogP contribution >= 0.6 is 0 Å². The molecule has 5 heteroatoms. The lowest BCUT2D eigenvalue weighted by Crippen LogP contribution is -2.49. The summed E-state index contributed by atoms with van der Waals surface area (Å²) in [5.41, 5.74) is 0. The number of carboxylic acids is 1. The summed E-state index contributed by atoms with van der Waals surface area (Å²) in [5.74, 6) is -0.457. The number of nitrogens with one attached hydrogen (secondary N) is 1. The molecule has 1 saturated heterocycles. The number of likely N-dealkylation sites (tertiary alicyclic amines) is 1. The van der Waals surface area contributed by atoms with Gasteiger partial charge in [-0.05, 0) is 25.7 Å². The largest absolute Gasteiger partial charge is 0.480 e. The van der Waals surface area contributed by atoms with Crippen LogP contribution in [0.2, 0.25) is 0 Å². The Morgan fingerprint density at radius 1 is 1.44 bits per heavy atom.